The maximum atomic E-state index is 11.4. The van der Waals surface area contributed by atoms with Crippen molar-refractivity contribution < 1.29 is 14.3 Å². The standard InChI is InChI=1S/C10H8INO3/c1-14-9-6(10(13)15-2)3-4-8(11)7(9)5-12/h3-4H,1-2H3. The van der Waals surface area contributed by atoms with Gasteiger partial charge in [0.25, 0.3) is 0 Å². The van der Waals surface area contributed by atoms with E-state index >= 15 is 0 Å². The minimum absolute atomic E-state index is 0.260. The fraction of sp³-hybridized carbons (Fsp3) is 0.200. The summed E-state index contributed by atoms with van der Waals surface area (Å²) in [5.74, 6) is -0.254. The van der Waals surface area contributed by atoms with Crippen LogP contribution >= 0.6 is 22.6 Å². The molecule has 1 rings (SSSR count). The van der Waals surface area contributed by atoms with Crippen molar-refractivity contribution in [3.8, 4) is 11.8 Å². The second-order valence-corrected chi connectivity index (χ2v) is 3.77. The number of hydrogen-bond donors (Lipinski definition) is 0. The van der Waals surface area contributed by atoms with Gasteiger partial charge in [0.1, 0.15) is 17.2 Å². The second kappa shape index (κ2) is 4.98. The Bertz CT molecular complexity index is 437. The van der Waals surface area contributed by atoms with Crippen LogP contribution in [0.4, 0.5) is 0 Å². The van der Waals surface area contributed by atoms with E-state index < -0.39 is 5.97 Å². The molecule has 0 N–H and O–H groups in total. The van der Waals surface area contributed by atoms with Gasteiger partial charge in [0.2, 0.25) is 0 Å². The highest BCUT2D eigenvalue weighted by Crippen LogP contribution is 2.28. The number of halogens is 1. The molecule has 5 heteroatoms. The zero-order valence-electron chi connectivity index (χ0n) is 8.20. The molecular formula is C10H8INO3. The summed E-state index contributed by atoms with van der Waals surface area (Å²) in [6.07, 6.45) is 0. The van der Waals surface area contributed by atoms with Gasteiger partial charge in [-0.2, -0.15) is 5.26 Å². The molecule has 15 heavy (non-hydrogen) atoms. The van der Waals surface area contributed by atoms with Gasteiger partial charge in [-0.25, -0.2) is 4.79 Å². The summed E-state index contributed by atoms with van der Waals surface area (Å²) in [4.78, 5) is 11.4. The molecule has 0 aliphatic heterocycles. The van der Waals surface area contributed by atoms with E-state index in [1.54, 1.807) is 12.1 Å². The van der Waals surface area contributed by atoms with Gasteiger partial charge in [0.15, 0.2) is 5.75 Å². The largest absolute Gasteiger partial charge is 0.494 e. The first kappa shape index (κ1) is 11.8. The molecule has 1 aromatic rings. The van der Waals surface area contributed by atoms with Crippen LogP contribution in [0.1, 0.15) is 15.9 Å². The lowest BCUT2D eigenvalue weighted by Gasteiger charge is -2.09. The molecule has 0 fully saturated rings. The van der Waals surface area contributed by atoms with Crippen LogP contribution in [-0.2, 0) is 4.74 Å². The third-order valence-corrected chi connectivity index (χ3v) is 2.73. The predicted octanol–water partition coefficient (Wildman–Crippen LogP) is 1.96. The third kappa shape index (κ3) is 2.21. The maximum absolute atomic E-state index is 11.4. The molecule has 78 valence electrons. The Morgan fingerprint density at radius 1 is 1.47 bits per heavy atom. The van der Waals surface area contributed by atoms with E-state index in [9.17, 15) is 4.79 Å². The Morgan fingerprint density at radius 2 is 2.13 bits per heavy atom. The number of esters is 1. The topological polar surface area (TPSA) is 59.3 Å². The van der Waals surface area contributed by atoms with Crippen molar-refractivity contribution in [2.24, 2.45) is 0 Å². The fourth-order valence-electron chi connectivity index (χ4n) is 1.15. The number of methoxy groups -OCH3 is 2. The van der Waals surface area contributed by atoms with Crippen LogP contribution in [0.25, 0.3) is 0 Å². The summed E-state index contributed by atoms with van der Waals surface area (Å²) in [6, 6.07) is 5.25. The Hall–Kier alpha value is -1.29. The molecule has 0 spiro atoms. The summed E-state index contributed by atoms with van der Waals surface area (Å²) < 4.78 is 10.4. The predicted molar refractivity (Wildman–Crippen MR) is 61.8 cm³/mol. The lowest BCUT2D eigenvalue weighted by atomic mass is 10.1. The zero-order chi connectivity index (χ0) is 11.4. The summed E-state index contributed by atoms with van der Waals surface area (Å²) >= 11 is 2.01. The molecule has 0 radical (unpaired) electrons. The van der Waals surface area contributed by atoms with E-state index in [4.69, 9.17) is 10.00 Å². The Labute approximate surface area is 101 Å². The molecule has 0 heterocycles. The number of benzene rings is 1. The lowest BCUT2D eigenvalue weighted by Crippen LogP contribution is -2.06. The second-order valence-electron chi connectivity index (χ2n) is 2.61. The molecule has 0 unspecified atom stereocenters. The summed E-state index contributed by atoms with van der Waals surface area (Å²) in [7, 11) is 2.70. The van der Waals surface area contributed by atoms with Crippen molar-refractivity contribution in [1.29, 1.82) is 5.26 Å². The van der Waals surface area contributed by atoms with Crippen LogP contribution in [-0.4, -0.2) is 20.2 Å². The molecule has 0 aromatic heterocycles. The van der Waals surface area contributed by atoms with E-state index in [0.29, 0.717) is 5.56 Å². The Balaban J connectivity index is 3.43. The average molecular weight is 317 g/mol. The van der Waals surface area contributed by atoms with E-state index in [1.165, 1.54) is 14.2 Å². The molecule has 0 saturated carbocycles. The first-order valence-corrected chi connectivity index (χ1v) is 5.08. The van der Waals surface area contributed by atoms with Crippen molar-refractivity contribution in [2.75, 3.05) is 14.2 Å². The quantitative estimate of drug-likeness (QED) is 0.618. The highest BCUT2D eigenvalue weighted by molar-refractivity contribution is 14.1. The monoisotopic (exact) mass is 317 g/mol. The molecule has 0 bridgehead atoms. The van der Waals surface area contributed by atoms with Crippen molar-refractivity contribution in [3.05, 3.63) is 26.8 Å². The normalized spacial score (nSPS) is 9.20. The highest BCUT2D eigenvalue weighted by Gasteiger charge is 2.18. The summed E-state index contributed by atoms with van der Waals surface area (Å²) in [5.41, 5.74) is 0.609. The molecule has 0 saturated heterocycles. The van der Waals surface area contributed by atoms with Crippen molar-refractivity contribution in [3.63, 3.8) is 0 Å². The van der Waals surface area contributed by atoms with Crippen molar-refractivity contribution in [2.45, 2.75) is 0 Å². The van der Waals surface area contributed by atoms with Gasteiger partial charge in [-0.1, -0.05) is 0 Å². The van der Waals surface area contributed by atoms with E-state index in [0.717, 1.165) is 3.57 Å². The SMILES string of the molecule is COC(=O)c1ccc(I)c(C#N)c1OC. The van der Waals surface area contributed by atoms with Gasteiger partial charge < -0.3 is 9.47 Å². The molecule has 0 atom stereocenters. The summed E-state index contributed by atoms with van der Waals surface area (Å²) in [6.45, 7) is 0. The van der Waals surface area contributed by atoms with Crippen LogP contribution in [0.15, 0.2) is 12.1 Å². The number of nitrogens with zero attached hydrogens (tertiary/aromatic N) is 1. The van der Waals surface area contributed by atoms with Gasteiger partial charge in [-0.05, 0) is 34.7 Å². The van der Waals surface area contributed by atoms with Crippen LogP contribution in [0.2, 0.25) is 0 Å². The van der Waals surface area contributed by atoms with Crippen LogP contribution in [0, 0.1) is 14.9 Å². The molecule has 4 nitrogen and oxygen atoms in total. The van der Waals surface area contributed by atoms with E-state index in [2.05, 4.69) is 4.74 Å². The number of nitriles is 1. The first-order valence-electron chi connectivity index (χ1n) is 4.00. The number of carbonyl (C=O) groups is 1. The Morgan fingerprint density at radius 3 is 2.60 bits per heavy atom. The van der Waals surface area contributed by atoms with E-state index in [-0.39, 0.29) is 11.3 Å². The van der Waals surface area contributed by atoms with Crippen LogP contribution < -0.4 is 4.74 Å². The molecule has 1 aromatic carbocycles. The number of carbonyl (C=O) groups excluding carboxylic acids is 1. The van der Waals surface area contributed by atoms with Gasteiger partial charge in [-0.15, -0.1) is 0 Å². The molecular weight excluding hydrogens is 309 g/mol. The molecule has 0 aliphatic rings. The number of rotatable bonds is 2. The smallest absolute Gasteiger partial charge is 0.341 e. The van der Waals surface area contributed by atoms with E-state index in [1.807, 2.05) is 28.7 Å². The summed E-state index contributed by atoms with van der Waals surface area (Å²) in [5, 5.41) is 8.92. The van der Waals surface area contributed by atoms with Gasteiger partial charge >= 0.3 is 5.97 Å². The average Bonchev–Trinajstić information content (AvgIpc) is 2.27. The van der Waals surface area contributed by atoms with Crippen LogP contribution in [0.5, 0.6) is 5.75 Å². The zero-order valence-corrected chi connectivity index (χ0v) is 10.4. The molecule has 0 amide bonds. The number of hydrogen-bond acceptors (Lipinski definition) is 4. The lowest BCUT2D eigenvalue weighted by molar-refractivity contribution is 0.0597. The highest BCUT2D eigenvalue weighted by atomic mass is 127. The van der Waals surface area contributed by atoms with Gasteiger partial charge in [-0.3, -0.25) is 0 Å². The Kier molecular flexibility index (Phi) is 3.91. The van der Waals surface area contributed by atoms with Crippen LogP contribution in [0.3, 0.4) is 0 Å². The minimum atomic E-state index is -0.514. The maximum Gasteiger partial charge on any atom is 0.341 e. The molecule has 0 aliphatic carbocycles. The van der Waals surface area contributed by atoms with Crippen molar-refractivity contribution in [1.82, 2.24) is 0 Å². The van der Waals surface area contributed by atoms with Crippen molar-refractivity contribution >= 4 is 28.6 Å². The fourth-order valence-corrected chi connectivity index (χ4v) is 1.69. The third-order valence-electron chi connectivity index (χ3n) is 1.83. The first-order chi connectivity index (χ1) is 7.15. The van der Waals surface area contributed by atoms with Gasteiger partial charge in [0.05, 0.1) is 14.2 Å². The minimum Gasteiger partial charge on any atom is -0.494 e. The van der Waals surface area contributed by atoms with Gasteiger partial charge in [0, 0.05) is 3.57 Å². The number of ether oxygens (including phenoxy) is 2.